The van der Waals surface area contributed by atoms with Crippen LogP contribution in [0.4, 0.5) is 0 Å². The zero-order valence-electron chi connectivity index (χ0n) is 59.1. The van der Waals surface area contributed by atoms with Gasteiger partial charge in [0.15, 0.2) is 10.8 Å². The summed E-state index contributed by atoms with van der Waals surface area (Å²) in [4.78, 5) is 77.8. The van der Waals surface area contributed by atoms with Crippen molar-refractivity contribution in [3.05, 3.63) is 144 Å². The fraction of sp³-hybridized carbons (Fsp3) is 0.634. The van der Waals surface area contributed by atoms with Gasteiger partial charge >= 0.3 is 35.8 Å². The number of ether oxygens (including phenoxy) is 5. The van der Waals surface area contributed by atoms with Crippen LogP contribution in [0.5, 0.6) is 0 Å². The highest BCUT2D eigenvalue weighted by Gasteiger charge is 2.49. The molecular weight excluding hydrogens is 1180 g/mol. The molecule has 0 aliphatic heterocycles. The molecule has 0 heterocycles. The smallest absolute Gasteiger partial charge is 0.324 e. The molecule has 0 saturated carbocycles. The van der Waals surface area contributed by atoms with Gasteiger partial charge in [0.05, 0.1) is 0 Å². The van der Waals surface area contributed by atoms with Crippen LogP contribution in [0.15, 0.2) is 121 Å². The monoisotopic (exact) mass is 1300 g/mol. The molecule has 0 fully saturated rings. The van der Waals surface area contributed by atoms with E-state index in [1.54, 1.807) is 0 Å². The van der Waals surface area contributed by atoms with Gasteiger partial charge in [0, 0.05) is 12.8 Å². The SMILES string of the molecule is CCCCCCCCCCCC(CCCCCCCCCCC(=O)OCc1ccccc1)(C(=O)O)C(=O)OCc1ccccc1.CCCCCCCCCCCC(CCCCCCCCCCC(=O)OCc1ccccc1)(C(=O)OCc1ccccc1)C(=O)OC(C)(C)C. The summed E-state index contributed by atoms with van der Waals surface area (Å²) in [5.74, 6) is -2.83. The Morgan fingerprint density at radius 3 is 0.798 bits per heavy atom. The third kappa shape index (κ3) is 38.3. The number of unbranched alkanes of at least 4 members (excludes halogenated alkanes) is 30. The summed E-state index contributed by atoms with van der Waals surface area (Å²) < 4.78 is 28.1. The van der Waals surface area contributed by atoms with Crippen LogP contribution in [0.2, 0.25) is 0 Å². The number of hydrogen-bond donors (Lipinski definition) is 1. The summed E-state index contributed by atoms with van der Waals surface area (Å²) in [6, 6.07) is 38.6. The highest BCUT2D eigenvalue weighted by molar-refractivity contribution is 6.00. The van der Waals surface area contributed by atoms with Gasteiger partial charge in [0.1, 0.15) is 32.0 Å². The summed E-state index contributed by atoms with van der Waals surface area (Å²) >= 11 is 0. The predicted octanol–water partition coefficient (Wildman–Crippen LogP) is 22.0. The Morgan fingerprint density at radius 2 is 0.532 bits per heavy atom. The first-order valence-electron chi connectivity index (χ1n) is 36.9. The second kappa shape index (κ2) is 52.0. The number of carbonyl (C=O) groups excluding carboxylic acids is 5. The Labute approximate surface area is 568 Å². The number of esters is 5. The molecule has 2 atom stereocenters. The molecule has 524 valence electrons. The van der Waals surface area contributed by atoms with Gasteiger partial charge in [-0.2, -0.15) is 0 Å². The zero-order chi connectivity index (χ0) is 68.1. The molecule has 0 amide bonds. The maximum Gasteiger partial charge on any atom is 0.324 e. The Morgan fingerprint density at radius 1 is 0.298 bits per heavy atom. The third-order valence-corrected chi connectivity index (χ3v) is 17.8. The zero-order valence-corrected chi connectivity index (χ0v) is 59.1. The van der Waals surface area contributed by atoms with Crippen LogP contribution in [-0.4, -0.2) is 46.5 Å². The van der Waals surface area contributed by atoms with Crippen LogP contribution in [0.25, 0.3) is 0 Å². The van der Waals surface area contributed by atoms with Crippen molar-refractivity contribution in [1.29, 1.82) is 0 Å². The lowest BCUT2D eigenvalue weighted by atomic mass is 9.77. The maximum atomic E-state index is 13.9. The average Bonchev–Trinajstić information content (AvgIpc) is 0.816. The number of benzene rings is 4. The van der Waals surface area contributed by atoms with E-state index in [9.17, 15) is 33.9 Å². The summed E-state index contributed by atoms with van der Waals surface area (Å²) in [5.41, 5.74) is 0.298. The Kier molecular flexibility index (Phi) is 45.3. The van der Waals surface area contributed by atoms with E-state index in [1.807, 2.05) is 142 Å². The summed E-state index contributed by atoms with van der Waals surface area (Å²) in [7, 11) is 0. The van der Waals surface area contributed by atoms with E-state index in [0.717, 1.165) is 157 Å². The molecule has 0 aliphatic carbocycles. The predicted molar refractivity (Wildman–Crippen MR) is 379 cm³/mol. The molecule has 0 radical (unpaired) electrons. The molecule has 1 N–H and O–H groups in total. The van der Waals surface area contributed by atoms with Gasteiger partial charge in [-0.15, -0.1) is 0 Å². The van der Waals surface area contributed by atoms with Crippen LogP contribution in [0.1, 0.15) is 314 Å². The van der Waals surface area contributed by atoms with E-state index in [0.29, 0.717) is 58.2 Å². The average molecular weight is 1300 g/mol. The van der Waals surface area contributed by atoms with Crippen LogP contribution in [0.3, 0.4) is 0 Å². The van der Waals surface area contributed by atoms with Crippen molar-refractivity contribution >= 4 is 35.8 Å². The standard InChI is InChI=1S/C43H66O6.C39H58O6/c1-5-6-7-8-9-11-14-17-26-33-43(41(46)49-42(2,3)4,40(45)48-36-38-30-23-20-24-31-38)34-27-18-15-12-10-13-16-25-32-39(44)47-35-37-28-21-19-22-29-37;1-2-3-4-5-6-8-11-14-23-30-39(37(41)42,38(43)45-33-35-27-20-17-21-28-35)31-24-15-12-9-7-10-13-22-29-36(40)44-32-34-25-18-16-19-26-34/h19-24,28-31H,5-18,25-27,32-36H2,1-4H3;16-21,25-28H,2-15,22-24,29-33H2,1H3,(H,41,42). The molecule has 0 bridgehead atoms. The van der Waals surface area contributed by atoms with Crippen molar-refractivity contribution in [2.24, 2.45) is 10.8 Å². The first-order chi connectivity index (χ1) is 45.6. The molecule has 4 aromatic carbocycles. The number of carbonyl (C=O) groups is 6. The largest absolute Gasteiger partial charge is 0.480 e. The molecule has 4 aromatic rings. The Bertz CT molecular complexity index is 2570. The second-order valence-electron chi connectivity index (χ2n) is 27.2. The number of rotatable bonds is 54. The summed E-state index contributed by atoms with van der Waals surface area (Å²) in [6.07, 6.45) is 38.7. The third-order valence-electron chi connectivity index (χ3n) is 17.8. The summed E-state index contributed by atoms with van der Waals surface area (Å²) in [5, 5.41) is 10.3. The first-order valence-corrected chi connectivity index (χ1v) is 36.9. The fourth-order valence-corrected chi connectivity index (χ4v) is 12.0. The topological polar surface area (TPSA) is 169 Å². The molecule has 0 aliphatic rings. The van der Waals surface area contributed by atoms with Crippen molar-refractivity contribution < 1.29 is 57.6 Å². The fourth-order valence-electron chi connectivity index (χ4n) is 12.0. The number of carboxylic acids is 1. The summed E-state index contributed by atoms with van der Waals surface area (Å²) in [6.45, 7) is 10.9. The minimum atomic E-state index is -1.48. The molecule has 0 saturated heterocycles. The van der Waals surface area contributed by atoms with Crippen molar-refractivity contribution in [2.45, 2.75) is 323 Å². The van der Waals surface area contributed by atoms with Crippen molar-refractivity contribution in [2.75, 3.05) is 0 Å². The van der Waals surface area contributed by atoms with Gasteiger partial charge in [0.25, 0.3) is 0 Å². The molecule has 94 heavy (non-hydrogen) atoms. The highest BCUT2D eigenvalue weighted by Crippen LogP contribution is 2.38. The lowest BCUT2D eigenvalue weighted by Crippen LogP contribution is -2.44. The minimum absolute atomic E-state index is 0.0945. The van der Waals surface area contributed by atoms with E-state index in [4.69, 9.17) is 23.7 Å². The van der Waals surface area contributed by atoms with Gasteiger partial charge in [-0.05, 0) is 81.5 Å². The molecular formula is C82H124O12. The van der Waals surface area contributed by atoms with E-state index < -0.39 is 40.3 Å². The first kappa shape index (κ1) is 81.9. The number of aliphatic carboxylic acids is 1. The molecule has 12 heteroatoms. The van der Waals surface area contributed by atoms with Gasteiger partial charge in [-0.25, -0.2) is 0 Å². The van der Waals surface area contributed by atoms with Gasteiger partial charge in [0.2, 0.25) is 0 Å². The van der Waals surface area contributed by atoms with Gasteiger partial charge < -0.3 is 28.8 Å². The minimum Gasteiger partial charge on any atom is -0.480 e. The Hall–Kier alpha value is -6.30. The van der Waals surface area contributed by atoms with Gasteiger partial charge in [-0.3, -0.25) is 28.8 Å². The lowest BCUT2D eigenvalue weighted by molar-refractivity contribution is -0.182. The highest BCUT2D eigenvalue weighted by atomic mass is 16.6. The van der Waals surface area contributed by atoms with Gasteiger partial charge in [-0.1, -0.05) is 341 Å². The van der Waals surface area contributed by atoms with Crippen LogP contribution in [0, 0.1) is 10.8 Å². The molecule has 0 aromatic heterocycles. The van der Waals surface area contributed by atoms with E-state index in [1.165, 1.54) is 77.0 Å². The molecule has 2 unspecified atom stereocenters. The quantitative estimate of drug-likeness (QED) is 0.0192. The second-order valence-corrected chi connectivity index (χ2v) is 27.2. The van der Waals surface area contributed by atoms with Crippen molar-refractivity contribution in [3.8, 4) is 0 Å². The van der Waals surface area contributed by atoms with E-state index in [-0.39, 0.29) is 25.2 Å². The van der Waals surface area contributed by atoms with Crippen LogP contribution >= 0.6 is 0 Å². The Balaban J connectivity index is 0.000000492. The molecule has 0 spiro atoms. The van der Waals surface area contributed by atoms with E-state index >= 15 is 0 Å². The van der Waals surface area contributed by atoms with Crippen LogP contribution < -0.4 is 0 Å². The maximum absolute atomic E-state index is 13.9. The van der Waals surface area contributed by atoms with Crippen LogP contribution in [-0.2, 0) is 78.9 Å². The molecule has 12 nitrogen and oxygen atoms in total. The lowest BCUT2D eigenvalue weighted by Gasteiger charge is -2.33. The number of hydrogen-bond acceptors (Lipinski definition) is 11. The molecule has 4 rings (SSSR count). The van der Waals surface area contributed by atoms with Crippen molar-refractivity contribution in [3.63, 3.8) is 0 Å². The number of carboxylic acid groups (broad SMARTS) is 1. The van der Waals surface area contributed by atoms with E-state index in [2.05, 4.69) is 13.8 Å². The van der Waals surface area contributed by atoms with Crippen molar-refractivity contribution in [1.82, 2.24) is 0 Å². The normalized spacial score (nSPS) is 12.5.